The Morgan fingerprint density at radius 3 is 2.67 bits per heavy atom. The van der Waals surface area contributed by atoms with Crippen molar-refractivity contribution < 1.29 is 9.53 Å². The molecule has 0 N–H and O–H groups in total. The van der Waals surface area contributed by atoms with Crippen molar-refractivity contribution in [3.05, 3.63) is 11.6 Å². The first-order valence-electron chi connectivity index (χ1n) is 10.4. The fraction of sp³-hybridized carbons (Fsp3) is 0.864. The number of carbonyl (C=O) groups excluding carboxylic acids is 1. The van der Waals surface area contributed by atoms with Gasteiger partial charge in [-0.3, -0.25) is 4.79 Å². The van der Waals surface area contributed by atoms with Crippen LogP contribution < -0.4 is 0 Å². The first-order valence-corrected chi connectivity index (χ1v) is 10.4. The Morgan fingerprint density at radius 1 is 1.04 bits per heavy atom. The van der Waals surface area contributed by atoms with Crippen LogP contribution in [0.15, 0.2) is 11.6 Å². The minimum atomic E-state index is 0.128. The fourth-order valence-corrected chi connectivity index (χ4v) is 7.20. The summed E-state index contributed by atoms with van der Waals surface area (Å²) in [4.78, 5) is 12.3. The van der Waals surface area contributed by atoms with Gasteiger partial charge in [-0.05, 0) is 80.6 Å². The lowest BCUT2D eigenvalue weighted by atomic mass is 9.47. The molecule has 0 aromatic rings. The topological polar surface area (TPSA) is 26.3 Å². The molecule has 0 bridgehead atoms. The third-order valence-corrected chi connectivity index (χ3v) is 8.70. The Balaban J connectivity index is 1.51. The third kappa shape index (κ3) is 2.14. The minimum Gasteiger partial charge on any atom is -0.374 e. The summed E-state index contributed by atoms with van der Waals surface area (Å²) in [5.74, 6) is 2.85. The average molecular weight is 328 g/mol. The normalized spacial score (nSPS) is 50.8. The highest BCUT2D eigenvalue weighted by Gasteiger charge is 2.59. The van der Waals surface area contributed by atoms with Crippen LogP contribution in [-0.2, 0) is 9.53 Å². The van der Waals surface area contributed by atoms with Crippen LogP contribution in [0.2, 0.25) is 0 Å². The van der Waals surface area contributed by atoms with Gasteiger partial charge >= 0.3 is 0 Å². The molecule has 4 saturated carbocycles. The Labute approximate surface area is 146 Å². The zero-order valence-electron chi connectivity index (χ0n) is 15.4. The molecular weight excluding hydrogens is 296 g/mol. The van der Waals surface area contributed by atoms with Crippen molar-refractivity contribution in [2.75, 3.05) is 0 Å². The van der Waals surface area contributed by atoms with Crippen LogP contribution in [0.3, 0.4) is 0 Å². The first-order chi connectivity index (χ1) is 11.5. The lowest BCUT2D eigenvalue weighted by Gasteiger charge is -2.59. The molecule has 0 heterocycles. The van der Waals surface area contributed by atoms with Crippen LogP contribution in [0.25, 0.3) is 0 Å². The molecule has 5 aliphatic carbocycles. The molecule has 0 aliphatic heterocycles. The number of fused-ring (bicyclic) bond motifs is 5. The van der Waals surface area contributed by atoms with Gasteiger partial charge in [0.1, 0.15) is 0 Å². The van der Waals surface area contributed by atoms with Gasteiger partial charge in [-0.1, -0.05) is 25.8 Å². The molecular formula is C22H32O2. The van der Waals surface area contributed by atoms with Crippen LogP contribution in [-0.4, -0.2) is 18.0 Å². The summed E-state index contributed by atoms with van der Waals surface area (Å²) in [6.45, 7) is 5.03. The van der Waals surface area contributed by atoms with Gasteiger partial charge in [-0.15, -0.1) is 0 Å². The standard InChI is InChI=1S/C22H32O2/c1-21-10-3-4-18(21)17-8-5-14-12-15(23)13-20(24-16-6-7-16)22(14,2)19(17)9-11-21/h12,16-20H,3-11,13H2,1-2H3/t17-,18-,19-,20?,21-,22-/m0/s1. The summed E-state index contributed by atoms with van der Waals surface area (Å²) in [5, 5.41) is 0. The molecule has 6 atom stereocenters. The Hall–Kier alpha value is -0.630. The Morgan fingerprint density at radius 2 is 1.88 bits per heavy atom. The van der Waals surface area contributed by atoms with E-state index in [0.29, 0.717) is 23.7 Å². The molecule has 0 amide bonds. The van der Waals surface area contributed by atoms with Crippen molar-refractivity contribution >= 4 is 5.78 Å². The van der Waals surface area contributed by atoms with Crippen molar-refractivity contribution in [1.82, 2.24) is 0 Å². The summed E-state index contributed by atoms with van der Waals surface area (Å²) in [7, 11) is 0. The molecule has 0 saturated heterocycles. The number of hydrogen-bond donors (Lipinski definition) is 0. The number of carbonyl (C=O) groups is 1. The van der Waals surface area contributed by atoms with Gasteiger partial charge < -0.3 is 4.74 Å². The molecule has 132 valence electrons. The highest BCUT2D eigenvalue weighted by molar-refractivity contribution is 5.92. The maximum atomic E-state index is 12.3. The lowest BCUT2D eigenvalue weighted by Crippen LogP contribution is -2.55. The van der Waals surface area contributed by atoms with Crippen LogP contribution in [0.1, 0.15) is 78.1 Å². The van der Waals surface area contributed by atoms with Gasteiger partial charge in [0.25, 0.3) is 0 Å². The number of ether oxygens (including phenoxy) is 1. The third-order valence-electron chi connectivity index (χ3n) is 8.70. The van der Waals surface area contributed by atoms with Crippen molar-refractivity contribution in [2.45, 2.75) is 90.3 Å². The van der Waals surface area contributed by atoms with Crippen LogP contribution in [0.4, 0.5) is 0 Å². The van der Waals surface area contributed by atoms with Crippen molar-refractivity contribution in [2.24, 2.45) is 28.6 Å². The van der Waals surface area contributed by atoms with E-state index in [1.165, 1.54) is 56.9 Å². The predicted octanol–water partition coefficient (Wildman–Crippen LogP) is 5.07. The smallest absolute Gasteiger partial charge is 0.158 e. The van der Waals surface area contributed by atoms with E-state index >= 15 is 0 Å². The second kappa shape index (κ2) is 5.19. The van der Waals surface area contributed by atoms with E-state index in [2.05, 4.69) is 13.8 Å². The number of rotatable bonds is 2. The molecule has 0 aromatic carbocycles. The molecule has 0 spiro atoms. The van der Waals surface area contributed by atoms with Gasteiger partial charge in [0.2, 0.25) is 0 Å². The maximum Gasteiger partial charge on any atom is 0.158 e. The van der Waals surface area contributed by atoms with Gasteiger partial charge in [0.05, 0.1) is 12.2 Å². The molecule has 2 heteroatoms. The summed E-state index contributed by atoms with van der Waals surface area (Å²) in [5.41, 5.74) is 2.17. The second-order valence-electron chi connectivity index (χ2n) is 9.95. The molecule has 0 radical (unpaired) electrons. The molecule has 4 fully saturated rings. The molecule has 1 unspecified atom stereocenters. The Kier molecular flexibility index (Phi) is 3.38. The van der Waals surface area contributed by atoms with Crippen molar-refractivity contribution in [3.8, 4) is 0 Å². The largest absolute Gasteiger partial charge is 0.374 e. The van der Waals surface area contributed by atoms with Crippen LogP contribution >= 0.6 is 0 Å². The van der Waals surface area contributed by atoms with E-state index < -0.39 is 0 Å². The van der Waals surface area contributed by atoms with E-state index in [1.807, 2.05) is 6.08 Å². The van der Waals surface area contributed by atoms with Crippen LogP contribution in [0.5, 0.6) is 0 Å². The predicted molar refractivity (Wildman–Crippen MR) is 94.6 cm³/mol. The summed E-state index contributed by atoms with van der Waals surface area (Å²) < 4.78 is 6.47. The lowest BCUT2D eigenvalue weighted by molar-refractivity contribution is -0.136. The van der Waals surface area contributed by atoms with Crippen LogP contribution in [0, 0.1) is 28.6 Å². The highest BCUT2D eigenvalue weighted by Crippen LogP contribution is 2.65. The quantitative estimate of drug-likeness (QED) is 0.708. The molecule has 0 aromatic heterocycles. The van der Waals surface area contributed by atoms with Gasteiger partial charge in [0.15, 0.2) is 5.78 Å². The number of ketones is 1. The first kappa shape index (κ1) is 15.6. The zero-order chi connectivity index (χ0) is 16.5. The van der Waals surface area contributed by atoms with Crippen molar-refractivity contribution in [1.29, 1.82) is 0 Å². The highest BCUT2D eigenvalue weighted by atomic mass is 16.5. The summed E-state index contributed by atoms with van der Waals surface area (Å²) in [6.07, 6.45) is 15.2. The monoisotopic (exact) mass is 328 g/mol. The molecule has 5 aliphatic rings. The second-order valence-corrected chi connectivity index (χ2v) is 9.95. The van der Waals surface area contributed by atoms with Gasteiger partial charge in [0, 0.05) is 11.8 Å². The van der Waals surface area contributed by atoms with E-state index in [9.17, 15) is 4.79 Å². The summed E-state index contributed by atoms with van der Waals surface area (Å²) in [6, 6.07) is 0. The number of hydrogen-bond acceptors (Lipinski definition) is 2. The fourth-order valence-electron chi connectivity index (χ4n) is 7.20. The zero-order valence-corrected chi connectivity index (χ0v) is 15.4. The SMILES string of the molecule is C[C@@]12CCC[C@H]1[C@@H]1CCC3=CC(=O)CC(OC4CC4)[C@]3(C)[C@H]1CC2. The van der Waals surface area contributed by atoms with Gasteiger partial charge in [-0.25, -0.2) is 0 Å². The summed E-state index contributed by atoms with van der Waals surface area (Å²) >= 11 is 0. The van der Waals surface area contributed by atoms with E-state index in [4.69, 9.17) is 4.74 Å². The average Bonchev–Trinajstić information content (AvgIpc) is 3.26. The van der Waals surface area contributed by atoms with E-state index in [-0.39, 0.29) is 11.5 Å². The van der Waals surface area contributed by atoms with E-state index in [0.717, 1.165) is 24.2 Å². The Bertz CT molecular complexity index is 589. The molecule has 5 rings (SSSR count). The molecule has 2 nitrogen and oxygen atoms in total. The minimum absolute atomic E-state index is 0.128. The van der Waals surface area contributed by atoms with Gasteiger partial charge in [-0.2, -0.15) is 0 Å². The molecule has 24 heavy (non-hydrogen) atoms. The maximum absolute atomic E-state index is 12.3. The van der Waals surface area contributed by atoms with E-state index in [1.54, 1.807) is 0 Å². The van der Waals surface area contributed by atoms with Crippen molar-refractivity contribution in [3.63, 3.8) is 0 Å².